The van der Waals surface area contributed by atoms with E-state index in [1.165, 1.54) is 0 Å². The molecule has 6 fully saturated rings. The van der Waals surface area contributed by atoms with Crippen molar-refractivity contribution in [3.8, 4) is 11.5 Å². The molecule has 0 amide bonds. The standard InChI is InChI=1S/C40H35F12O4S.C4HF8IO4S/c41-37(42,43)35(38(44,45)46)29-22-14-16-33(18-22,31(29)55-35)20-53-25-10-4-6-12-27(25)57(24-8-2-1-3-9-24)28-13-7-5-11-26(28)54-21-34-17-15-23(19-34)30-32(34)56-36(30,39(47,48)49)40(50,51)52;5-1(6,13)2(7,8)17-3(9,10)4(11,12)18(14,15)16/h1-13,22-23,29-32H,14-21H2;(H,14,15,16)/q+1;/p-1. The molecule has 3 aromatic carbocycles. The first kappa shape index (κ1) is 57.9. The summed E-state index contributed by atoms with van der Waals surface area (Å²) in [4.78, 5) is 1.99. The number of para-hydroxylation sites is 2. The van der Waals surface area contributed by atoms with Crippen LogP contribution in [0.1, 0.15) is 38.5 Å². The van der Waals surface area contributed by atoms with E-state index < -0.39 is 148 Å². The maximum absolute atomic E-state index is 14.1. The number of alkyl halides is 21. The van der Waals surface area contributed by atoms with Crippen LogP contribution in [-0.4, -0.2) is 95.7 Å². The monoisotopic (exact) mass is 1260 g/mol. The van der Waals surface area contributed by atoms with Crippen molar-refractivity contribution in [3.63, 3.8) is 0 Å². The molecule has 0 spiro atoms. The van der Waals surface area contributed by atoms with E-state index in [9.17, 15) is 101 Å². The normalized spacial score (nSPS) is 29.6. The van der Waals surface area contributed by atoms with E-state index >= 15 is 0 Å². The van der Waals surface area contributed by atoms with Gasteiger partial charge in [-0.25, -0.2) is 13.2 Å². The lowest BCUT2D eigenvalue weighted by Gasteiger charge is -2.59. The van der Waals surface area contributed by atoms with Gasteiger partial charge < -0.3 is 23.5 Å². The summed E-state index contributed by atoms with van der Waals surface area (Å²) in [7, 11) is -8.15. The summed E-state index contributed by atoms with van der Waals surface area (Å²) in [5, 5.41) is -6.65. The van der Waals surface area contributed by atoms with Gasteiger partial charge in [-0.05, 0) is 86.8 Å². The number of fused-ring (bicyclic) bond motifs is 10. The van der Waals surface area contributed by atoms with E-state index in [2.05, 4.69) is 0 Å². The average molecular weight is 1260 g/mol. The SMILES string of the molecule is FC(F)(F)C1(C(F)(F)F)OC2C1C1CCC2(COc2ccccc2[S+](c2ccccc2)c2ccccc2OCC23CCC(C2)C2C3OC2(C(F)(F)F)C(F)(F)F)C1.O=S(=O)([O-])C(F)(F)C(F)(F)OC(F)(F)C(F)(F)I. The van der Waals surface area contributed by atoms with E-state index in [4.69, 9.17) is 18.9 Å². The van der Waals surface area contributed by atoms with Crippen molar-refractivity contribution in [1.82, 2.24) is 0 Å². The van der Waals surface area contributed by atoms with Gasteiger partial charge in [0.15, 0.2) is 26.5 Å². The summed E-state index contributed by atoms with van der Waals surface area (Å²) in [5.74, 6) is -4.59. The van der Waals surface area contributed by atoms with E-state index in [0.29, 0.717) is 34.1 Å². The third kappa shape index (κ3) is 9.09. The maximum atomic E-state index is 14.1. The number of ether oxygens (including phenoxy) is 5. The Balaban J connectivity index is 0.000000356. The topological polar surface area (TPSA) is 103 Å². The highest BCUT2D eigenvalue weighted by molar-refractivity contribution is 14.1. The van der Waals surface area contributed by atoms with Gasteiger partial charge in [0.2, 0.25) is 9.79 Å². The van der Waals surface area contributed by atoms with Gasteiger partial charge in [-0.3, -0.25) is 0 Å². The molecule has 2 aliphatic heterocycles. The molecule has 4 bridgehead atoms. The van der Waals surface area contributed by atoms with Crippen molar-refractivity contribution in [2.75, 3.05) is 13.2 Å². The summed E-state index contributed by atoms with van der Waals surface area (Å²) in [5.41, 5.74) is -10.6. The van der Waals surface area contributed by atoms with Crippen LogP contribution < -0.4 is 9.47 Å². The first-order valence-electron chi connectivity index (χ1n) is 21.9. The number of rotatable bonds is 14. The van der Waals surface area contributed by atoms with Crippen LogP contribution in [0.25, 0.3) is 0 Å². The van der Waals surface area contributed by atoms with Crippen LogP contribution in [0, 0.1) is 34.5 Å². The third-order valence-corrected chi connectivity index (χ3v) is 18.7. The molecular weight excluding hydrogens is 1230 g/mol. The lowest BCUT2D eigenvalue weighted by atomic mass is 9.64. The van der Waals surface area contributed by atoms with Crippen molar-refractivity contribution in [1.29, 1.82) is 0 Å². The van der Waals surface area contributed by atoms with E-state index in [1.807, 2.05) is 16.9 Å². The number of benzene rings is 3. The Morgan fingerprint density at radius 2 is 0.920 bits per heavy atom. The molecule has 2 saturated heterocycles. The zero-order valence-corrected chi connectivity index (χ0v) is 40.9. The van der Waals surface area contributed by atoms with Gasteiger partial charge >= 0.3 is 46.1 Å². The second-order valence-electron chi connectivity index (χ2n) is 19.0. The van der Waals surface area contributed by atoms with Crippen LogP contribution in [0.15, 0.2) is 93.5 Å². The molecule has 0 aromatic heterocycles. The van der Waals surface area contributed by atoms with Crippen molar-refractivity contribution in [3.05, 3.63) is 78.9 Å². The molecule has 0 N–H and O–H groups in total. The molecule has 9 rings (SSSR count). The van der Waals surface area contributed by atoms with Crippen LogP contribution in [0.2, 0.25) is 0 Å². The first-order valence-corrected chi connectivity index (χ1v) is 25.6. The van der Waals surface area contributed by atoms with Crippen LogP contribution in [0.3, 0.4) is 0 Å². The Hall–Kier alpha value is -3.27. The minimum Gasteiger partial charge on any atom is -0.743 e. The van der Waals surface area contributed by atoms with E-state index in [1.54, 1.807) is 66.7 Å². The van der Waals surface area contributed by atoms with Gasteiger partial charge in [0.1, 0.15) is 10.9 Å². The second kappa shape index (κ2) is 18.4. The molecule has 8 atom stereocenters. The summed E-state index contributed by atoms with van der Waals surface area (Å²) in [6, 6.07) is 22.9. The fourth-order valence-corrected chi connectivity index (χ4v) is 14.4. The summed E-state index contributed by atoms with van der Waals surface area (Å²) >= 11 is -0.406. The van der Waals surface area contributed by atoms with Gasteiger partial charge in [0.05, 0.1) is 25.4 Å². The summed E-state index contributed by atoms with van der Waals surface area (Å²) in [6.45, 7) is -0.387. The minimum atomic E-state index is -7.12. The van der Waals surface area contributed by atoms with Gasteiger partial charge in [0.25, 0.3) is 11.2 Å². The molecule has 31 heteroatoms. The predicted molar refractivity (Wildman–Crippen MR) is 223 cm³/mol. The molecule has 4 saturated carbocycles. The molecule has 4 aliphatic carbocycles. The number of hydrogen-bond donors (Lipinski definition) is 0. The van der Waals surface area contributed by atoms with Gasteiger partial charge in [0, 0.05) is 45.3 Å². The molecule has 8 nitrogen and oxygen atoms in total. The molecule has 75 heavy (non-hydrogen) atoms. The highest BCUT2D eigenvalue weighted by Crippen LogP contribution is 2.75. The zero-order valence-electron chi connectivity index (χ0n) is 37.1. The summed E-state index contributed by atoms with van der Waals surface area (Å²) < 4.78 is 315. The van der Waals surface area contributed by atoms with Crippen molar-refractivity contribution >= 4 is 43.6 Å². The second-order valence-corrected chi connectivity index (χ2v) is 23.8. The van der Waals surface area contributed by atoms with Crippen molar-refractivity contribution < 1.29 is 124 Å². The van der Waals surface area contributed by atoms with Crippen LogP contribution in [0.4, 0.5) is 87.8 Å². The zero-order chi connectivity index (χ0) is 55.8. The number of hydrogen-bond acceptors (Lipinski definition) is 8. The van der Waals surface area contributed by atoms with Crippen LogP contribution in [-0.2, 0) is 35.2 Å². The van der Waals surface area contributed by atoms with Crippen molar-refractivity contribution in [2.45, 2.75) is 123 Å². The predicted octanol–water partition coefficient (Wildman–Crippen LogP) is 13.3. The maximum Gasteiger partial charge on any atom is 0.438 e. The van der Waals surface area contributed by atoms with E-state index in [-0.39, 0.29) is 38.9 Å². The van der Waals surface area contributed by atoms with Crippen LogP contribution >= 0.6 is 22.6 Å². The molecular formula is C44H35F20IO8S2. The van der Waals surface area contributed by atoms with Gasteiger partial charge in [-0.15, -0.1) is 0 Å². The fourth-order valence-electron chi connectivity index (χ4n) is 11.7. The molecule has 8 unspecified atom stereocenters. The molecule has 3 aromatic rings. The van der Waals surface area contributed by atoms with Crippen molar-refractivity contribution in [2.24, 2.45) is 34.5 Å². The molecule has 0 radical (unpaired) electrons. The smallest absolute Gasteiger partial charge is 0.438 e. The largest absolute Gasteiger partial charge is 0.743 e. The Labute approximate surface area is 427 Å². The minimum absolute atomic E-state index is 0.0840. The number of halogens is 21. The Bertz CT molecular complexity index is 2570. The Morgan fingerprint density at radius 1 is 0.560 bits per heavy atom. The lowest BCUT2D eigenvalue weighted by Crippen LogP contribution is -2.77. The Kier molecular flexibility index (Phi) is 14.2. The third-order valence-electron chi connectivity index (χ3n) is 14.9. The highest BCUT2D eigenvalue weighted by atomic mass is 127. The first-order chi connectivity index (χ1) is 34.2. The Morgan fingerprint density at radius 3 is 1.27 bits per heavy atom. The van der Waals surface area contributed by atoms with Crippen LogP contribution in [0.5, 0.6) is 11.5 Å². The molecule has 2 heterocycles. The van der Waals surface area contributed by atoms with Gasteiger partial charge in [-0.1, -0.05) is 42.5 Å². The average Bonchev–Trinajstić information content (AvgIpc) is 3.95. The summed E-state index contributed by atoms with van der Waals surface area (Å²) in [6.07, 6.45) is -36.8. The van der Waals surface area contributed by atoms with E-state index in [0.717, 1.165) is 4.90 Å². The molecule has 418 valence electrons. The lowest BCUT2D eigenvalue weighted by molar-refractivity contribution is -0.476. The highest BCUT2D eigenvalue weighted by Gasteiger charge is 2.90. The molecule has 6 aliphatic rings. The van der Waals surface area contributed by atoms with Gasteiger partial charge in [-0.2, -0.15) is 87.8 Å². The fraction of sp³-hybridized carbons (Fsp3) is 0.591. The quantitative estimate of drug-likeness (QED) is 0.0517.